The number of fused-ring (bicyclic) bond motifs is 5. The van der Waals surface area contributed by atoms with Crippen molar-refractivity contribution < 1.29 is 0 Å². The molecule has 0 heteroatoms. The van der Waals surface area contributed by atoms with E-state index in [0.717, 1.165) is 36.0 Å². The van der Waals surface area contributed by atoms with E-state index < -0.39 is 0 Å². The van der Waals surface area contributed by atoms with Crippen LogP contribution in [-0.2, 0) is 6.42 Å². The molecule has 4 fully saturated rings. The molecule has 5 rings (SSSR count). The molecule has 0 nitrogen and oxygen atoms in total. The molecule has 4 aliphatic carbocycles. The topological polar surface area (TPSA) is 0 Å². The second-order valence-corrected chi connectivity index (χ2v) is 13.1. The van der Waals surface area contributed by atoms with Crippen molar-refractivity contribution in [3.05, 3.63) is 65.9 Å². The number of rotatable bonds is 6. The summed E-state index contributed by atoms with van der Waals surface area (Å²) >= 11 is 0. The van der Waals surface area contributed by atoms with Gasteiger partial charge in [-0.15, -0.1) is 12.3 Å². The summed E-state index contributed by atoms with van der Waals surface area (Å²) in [6.45, 7) is 15.6. The zero-order valence-electron chi connectivity index (χ0n) is 22.3. The van der Waals surface area contributed by atoms with E-state index in [1.165, 1.54) is 87.3 Å². The molecule has 0 bridgehead atoms. The molecule has 184 valence electrons. The Hall–Kier alpha value is -1.52. The maximum absolute atomic E-state index is 4.19. The van der Waals surface area contributed by atoms with Gasteiger partial charge in [0.05, 0.1) is 0 Å². The molecule has 0 amide bonds. The normalized spacial score (nSPS) is 41.0. The van der Waals surface area contributed by atoms with Gasteiger partial charge in [0.25, 0.3) is 0 Å². The second-order valence-electron chi connectivity index (χ2n) is 13.1. The molecule has 0 aliphatic heterocycles. The highest BCUT2D eigenvalue weighted by molar-refractivity contribution is 5.28. The van der Waals surface area contributed by atoms with E-state index in [1.54, 1.807) is 0 Å². The first-order valence-corrected chi connectivity index (χ1v) is 14.5. The van der Waals surface area contributed by atoms with Crippen LogP contribution in [0.15, 0.2) is 54.8 Å². The monoisotopic (exact) mass is 456 g/mol. The Balaban J connectivity index is 1.31. The van der Waals surface area contributed by atoms with Gasteiger partial charge in [-0.2, -0.15) is 0 Å². The second kappa shape index (κ2) is 9.50. The van der Waals surface area contributed by atoms with Crippen LogP contribution in [0.2, 0.25) is 0 Å². The smallest absolute Gasteiger partial charge is 0.00120 e. The lowest BCUT2D eigenvalue weighted by Crippen LogP contribution is -2.49. The van der Waals surface area contributed by atoms with Crippen LogP contribution >= 0.6 is 0 Å². The summed E-state index contributed by atoms with van der Waals surface area (Å²) in [4.78, 5) is 0. The van der Waals surface area contributed by atoms with Gasteiger partial charge in [-0.3, -0.25) is 0 Å². The number of hydrogen-bond acceptors (Lipinski definition) is 0. The Labute approximate surface area is 210 Å². The number of allylic oxidation sites excluding steroid dienone is 2. The first-order valence-electron chi connectivity index (χ1n) is 14.5. The molecule has 0 heterocycles. The van der Waals surface area contributed by atoms with Crippen molar-refractivity contribution >= 4 is 0 Å². The maximum Gasteiger partial charge on any atom is 0.00120 e. The van der Waals surface area contributed by atoms with Gasteiger partial charge in [-0.25, -0.2) is 0 Å². The van der Waals surface area contributed by atoms with Crippen molar-refractivity contribution in [2.24, 2.45) is 46.3 Å². The van der Waals surface area contributed by atoms with Crippen molar-refractivity contribution in [3.8, 4) is 0 Å². The summed E-state index contributed by atoms with van der Waals surface area (Å²) in [7, 11) is 0. The third-order valence-electron chi connectivity index (χ3n) is 11.7. The lowest BCUT2D eigenvalue weighted by molar-refractivity contribution is -0.0775. The van der Waals surface area contributed by atoms with E-state index in [0.29, 0.717) is 16.7 Å². The Morgan fingerprint density at radius 3 is 2.47 bits per heavy atom. The van der Waals surface area contributed by atoms with Crippen LogP contribution in [0.3, 0.4) is 0 Å². The maximum atomic E-state index is 4.19. The van der Waals surface area contributed by atoms with Crippen LogP contribution in [0.4, 0.5) is 0 Å². The van der Waals surface area contributed by atoms with Gasteiger partial charge in [-0.05, 0) is 129 Å². The molecule has 1 aromatic carbocycles. The average molecular weight is 457 g/mol. The summed E-state index contributed by atoms with van der Waals surface area (Å²) in [5.41, 5.74) is 8.77. The van der Waals surface area contributed by atoms with E-state index in [2.05, 4.69) is 70.0 Å². The van der Waals surface area contributed by atoms with E-state index in [1.807, 2.05) is 0 Å². The summed E-state index contributed by atoms with van der Waals surface area (Å²) in [6.07, 6.45) is 18.9. The van der Waals surface area contributed by atoms with Crippen LogP contribution in [0.5, 0.6) is 0 Å². The summed E-state index contributed by atoms with van der Waals surface area (Å²) in [5, 5.41) is 0. The van der Waals surface area contributed by atoms with Gasteiger partial charge in [0.15, 0.2) is 0 Å². The van der Waals surface area contributed by atoms with Crippen molar-refractivity contribution in [2.45, 2.75) is 97.8 Å². The fraction of sp³-hybridized carbons (Fsp3) is 0.676. The molecule has 0 N–H and O–H groups in total. The van der Waals surface area contributed by atoms with E-state index in [4.69, 9.17) is 0 Å². The van der Waals surface area contributed by atoms with Gasteiger partial charge >= 0.3 is 0 Å². The van der Waals surface area contributed by atoms with Crippen LogP contribution in [0.25, 0.3) is 0 Å². The molecule has 4 saturated carbocycles. The fourth-order valence-corrected chi connectivity index (χ4v) is 9.83. The molecular formula is C34H48. The zero-order chi connectivity index (χ0) is 23.9. The minimum absolute atomic E-state index is 0.462. The Morgan fingerprint density at radius 1 is 1.00 bits per heavy atom. The van der Waals surface area contributed by atoms with Gasteiger partial charge in [-0.1, -0.05) is 62.8 Å². The molecule has 0 radical (unpaired) electrons. The summed E-state index contributed by atoms with van der Waals surface area (Å²) in [6, 6.07) is 9.13. The Morgan fingerprint density at radius 2 is 1.76 bits per heavy atom. The minimum Gasteiger partial charge on any atom is -0.129 e. The lowest BCUT2D eigenvalue weighted by atomic mass is 9.47. The predicted molar refractivity (Wildman–Crippen MR) is 146 cm³/mol. The van der Waals surface area contributed by atoms with Gasteiger partial charge < -0.3 is 0 Å². The van der Waals surface area contributed by atoms with Crippen LogP contribution in [-0.4, -0.2) is 0 Å². The molecule has 34 heavy (non-hydrogen) atoms. The fourth-order valence-electron chi connectivity index (χ4n) is 9.83. The zero-order valence-corrected chi connectivity index (χ0v) is 22.3. The summed E-state index contributed by atoms with van der Waals surface area (Å²) in [5.74, 6) is 5.58. The highest BCUT2D eigenvalue weighted by atomic mass is 14.6. The lowest BCUT2D eigenvalue weighted by Gasteiger charge is -2.58. The summed E-state index contributed by atoms with van der Waals surface area (Å²) < 4.78 is 0. The molecule has 8 atom stereocenters. The van der Waals surface area contributed by atoms with Gasteiger partial charge in [0.1, 0.15) is 0 Å². The SMILES string of the molecule is C=C=C(Cc1ccc(C)cc1)C1CC[C@H]2C3CCC4C[C@@](CC)(CC=C)CCC4[C@H]3CCC12C. The first-order chi connectivity index (χ1) is 16.4. The number of aryl methyl sites for hydroxylation is 1. The molecule has 5 unspecified atom stereocenters. The average Bonchev–Trinajstić information content (AvgIpc) is 3.20. The van der Waals surface area contributed by atoms with E-state index in [9.17, 15) is 0 Å². The van der Waals surface area contributed by atoms with Crippen molar-refractivity contribution in [3.63, 3.8) is 0 Å². The molecule has 0 aromatic heterocycles. The first kappa shape index (κ1) is 24.2. The Bertz CT molecular complexity index is 929. The number of benzene rings is 1. The highest BCUT2D eigenvalue weighted by Crippen LogP contribution is 2.66. The minimum atomic E-state index is 0.462. The van der Waals surface area contributed by atoms with E-state index >= 15 is 0 Å². The number of hydrogen-bond donors (Lipinski definition) is 0. The standard InChI is InChI=1S/C34H48/c1-6-19-34(8-3)21-18-28-27(23-34)13-14-30-29(28)17-20-33(5)31(15-16-32(30)33)26(7-2)22-25-11-9-24(4)10-12-25/h6,9-12,27-32H,1-2,8,13-23H2,3-5H3/t27?,28?,29-,30?,31?,32+,33?,34+/m1/s1. The molecule has 4 aliphatic rings. The molecular weight excluding hydrogens is 408 g/mol. The van der Waals surface area contributed by atoms with Crippen molar-refractivity contribution in [2.75, 3.05) is 0 Å². The quantitative estimate of drug-likeness (QED) is 0.295. The van der Waals surface area contributed by atoms with Crippen LogP contribution in [0, 0.1) is 53.3 Å². The molecule has 0 saturated heterocycles. The highest BCUT2D eigenvalue weighted by Gasteiger charge is 2.58. The Kier molecular flexibility index (Phi) is 6.76. The van der Waals surface area contributed by atoms with Crippen molar-refractivity contribution in [1.29, 1.82) is 0 Å². The van der Waals surface area contributed by atoms with Gasteiger partial charge in [0, 0.05) is 6.42 Å². The van der Waals surface area contributed by atoms with E-state index in [-0.39, 0.29) is 0 Å². The third-order valence-corrected chi connectivity index (χ3v) is 11.7. The van der Waals surface area contributed by atoms with Crippen molar-refractivity contribution in [1.82, 2.24) is 0 Å². The molecule has 0 spiro atoms. The van der Waals surface area contributed by atoms with Crippen LogP contribution in [0.1, 0.15) is 95.6 Å². The molecule has 1 aromatic rings. The predicted octanol–water partition coefficient (Wildman–Crippen LogP) is 9.49. The van der Waals surface area contributed by atoms with Crippen LogP contribution < -0.4 is 0 Å². The van der Waals surface area contributed by atoms with Gasteiger partial charge in [0.2, 0.25) is 0 Å². The largest absolute Gasteiger partial charge is 0.129 e. The third kappa shape index (κ3) is 4.09.